The number of carbonyl (C=O) groups excluding carboxylic acids is 1. The average Bonchev–Trinajstić information content (AvgIpc) is 2.59. The van der Waals surface area contributed by atoms with Crippen molar-refractivity contribution in [2.75, 3.05) is 5.32 Å². The Balaban J connectivity index is 1.99. The average molecular weight is 347 g/mol. The van der Waals surface area contributed by atoms with Crippen LogP contribution in [-0.4, -0.2) is 29.2 Å². The molecule has 0 radical (unpaired) electrons. The molecule has 4 unspecified atom stereocenters. The second-order valence-corrected chi connectivity index (χ2v) is 7.10. The van der Waals surface area contributed by atoms with Crippen LogP contribution >= 0.6 is 0 Å². The molecular formula is C20H29NO4. The van der Waals surface area contributed by atoms with E-state index in [1.807, 2.05) is 6.92 Å². The second kappa shape index (κ2) is 8.99. The third-order valence-corrected chi connectivity index (χ3v) is 4.93. The van der Waals surface area contributed by atoms with E-state index < -0.39 is 18.0 Å². The first-order valence-corrected chi connectivity index (χ1v) is 9.19. The molecule has 2 N–H and O–H groups in total. The van der Waals surface area contributed by atoms with Gasteiger partial charge in [-0.3, -0.25) is 9.59 Å². The molecule has 1 aliphatic carbocycles. The van der Waals surface area contributed by atoms with Gasteiger partial charge in [0.25, 0.3) is 5.91 Å². The molecule has 1 aromatic rings. The number of benzene rings is 1. The fourth-order valence-electron chi connectivity index (χ4n) is 3.33. The van der Waals surface area contributed by atoms with Gasteiger partial charge in [-0.2, -0.15) is 0 Å². The van der Waals surface area contributed by atoms with E-state index in [1.54, 1.807) is 31.2 Å². The highest BCUT2D eigenvalue weighted by atomic mass is 16.5. The largest absolute Gasteiger partial charge is 0.481 e. The summed E-state index contributed by atoms with van der Waals surface area (Å²) in [7, 11) is 0. The molecule has 25 heavy (non-hydrogen) atoms. The van der Waals surface area contributed by atoms with Crippen molar-refractivity contribution in [2.45, 2.75) is 71.0 Å². The number of carboxylic acids is 1. The zero-order valence-electron chi connectivity index (χ0n) is 15.3. The van der Waals surface area contributed by atoms with Gasteiger partial charge in [0.05, 0.1) is 12.0 Å². The lowest BCUT2D eigenvalue weighted by atomic mass is 9.88. The summed E-state index contributed by atoms with van der Waals surface area (Å²) in [6.07, 6.45) is 4.70. The molecule has 0 bridgehead atoms. The van der Waals surface area contributed by atoms with Crippen molar-refractivity contribution in [3.63, 3.8) is 0 Å². The fraction of sp³-hybridized carbons (Fsp3) is 0.600. The Hall–Kier alpha value is -1.88. The van der Waals surface area contributed by atoms with E-state index in [-0.39, 0.29) is 12.0 Å². The van der Waals surface area contributed by atoms with E-state index in [0.717, 1.165) is 19.3 Å². The Kier molecular flexibility index (Phi) is 7.00. The van der Waals surface area contributed by atoms with Gasteiger partial charge in [0.1, 0.15) is 6.10 Å². The van der Waals surface area contributed by atoms with Crippen LogP contribution in [0.25, 0.3) is 0 Å². The SMILES string of the molecule is CCC(OC1CCCC(C)C1)C(=O)Nc1cccc(C(C)C(=O)O)c1. The van der Waals surface area contributed by atoms with Crippen LogP contribution in [0.1, 0.15) is 64.4 Å². The molecule has 1 fully saturated rings. The molecule has 0 aromatic heterocycles. The molecule has 0 heterocycles. The highest BCUT2D eigenvalue weighted by Crippen LogP contribution is 2.27. The van der Waals surface area contributed by atoms with Gasteiger partial charge in [-0.15, -0.1) is 0 Å². The van der Waals surface area contributed by atoms with Gasteiger partial charge in [-0.1, -0.05) is 38.8 Å². The van der Waals surface area contributed by atoms with Crippen LogP contribution in [0.2, 0.25) is 0 Å². The molecule has 4 atom stereocenters. The number of hydrogen-bond donors (Lipinski definition) is 2. The first kappa shape index (κ1) is 19.4. The van der Waals surface area contributed by atoms with Crippen molar-refractivity contribution in [3.8, 4) is 0 Å². The van der Waals surface area contributed by atoms with E-state index in [2.05, 4.69) is 12.2 Å². The van der Waals surface area contributed by atoms with Crippen LogP contribution in [-0.2, 0) is 14.3 Å². The maximum atomic E-state index is 12.6. The number of anilines is 1. The Morgan fingerprint density at radius 3 is 2.76 bits per heavy atom. The normalized spacial score (nSPS) is 22.8. The van der Waals surface area contributed by atoms with Crippen LogP contribution in [0.4, 0.5) is 5.69 Å². The molecule has 0 aliphatic heterocycles. The molecule has 1 amide bonds. The summed E-state index contributed by atoms with van der Waals surface area (Å²) < 4.78 is 6.05. The Morgan fingerprint density at radius 1 is 1.36 bits per heavy atom. The van der Waals surface area contributed by atoms with Crippen LogP contribution in [0.5, 0.6) is 0 Å². The summed E-state index contributed by atoms with van der Waals surface area (Å²) in [5.41, 5.74) is 1.27. The van der Waals surface area contributed by atoms with E-state index in [0.29, 0.717) is 23.6 Å². The number of hydrogen-bond acceptors (Lipinski definition) is 3. The third-order valence-electron chi connectivity index (χ3n) is 4.93. The molecule has 138 valence electrons. The van der Waals surface area contributed by atoms with Crippen molar-refractivity contribution < 1.29 is 19.4 Å². The first-order chi connectivity index (χ1) is 11.9. The zero-order chi connectivity index (χ0) is 18.4. The molecule has 0 saturated heterocycles. The third kappa shape index (κ3) is 5.56. The van der Waals surface area contributed by atoms with Crippen molar-refractivity contribution in [3.05, 3.63) is 29.8 Å². The highest BCUT2D eigenvalue weighted by Gasteiger charge is 2.26. The summed E-state index contributed by atoms with van der Waals surface area (Å²) in [4.78, 5) is 23.7. The van der Waals surface area contributed by atoms with Gasteiger partial charge in [0.2, 0.25) is 0 Å². The number of nitrogens with one attached hydrogen (secondary N) is 1. The quantitative estimate of drug-likeness (QED) is 0.775. The Labute approximate surface area is 149 Å². The maximum Gasteiger partial charge on any atom is 0.310 e. The molecular weight excluding hydrogens is 318 g/mol. The minimum atomic E-state index is -0.885. The van der Waals surface area contributed by atoms with Gasteiger partial charge in [0, 0.05) is 5.69 Å². The summed E-state index contributed by atoms with van der Waals surface area (Å²) in [5, 5.41) is 12.0. The highest BCUT2D eigenvalue weighted by molar-refractivity contribution is 5.94. The number of aliphatic carboxylic acids is 1. The minimum absolute atomic E-state index is 0.151. The van der Waals surface area contributed by atoms with Crippen LogP contribution in [0, 0.1) is 5.92 Å². The van der Waals surface area contributed by atoms with Crippen LogP contribution in [0.3, 0.4) is 0 Å². The van der Waals surface area contributed by atoms with Crippen molar-refractivity contribution in [1.29, 1.82) is 0 Å². The topological polar surface area (TPSA) is 75.6 Å². The van der Waals surface area contributed by atoms with E-state index >= 15 is 0 Å². The van der Waals surface area contributed by atoms with Crippen molar-refractivity contribution in [1.82, 2.24) is 0 Å². The van der Waals surface area contributed by atoms with Gasteiger partial charge >= 0.3 is 5.97 Å². The summed E-state index contributed by atoms with van der Waals surface area (Å²) in [6.45, 7) is 5.80. The van der Waals surface area contributed by atoms with Crippen molar-refractivity contribution >= 4 is 17.6 Å². The second-order valence-electron chi connectivity index (χ2n) is 7.10. The molecule has 0 spiro atoms. The standard InChI is InChI=1S/C20H29NO4/c1-4-18(25-17-10-5-7-13(2)11-17)19(22)21-16-9-6-8-15(12-16)14(3)20(23)24/h6,8-9,12-14,17-18H,4-5,7,10-11H2,1-3H3,(H,21,22)(H,23,24). The molecule has 1 aliphatic rings. The van der Waals surface area contributed by atoms with Crippen LogP contribution in [0.15, 0.2) is 24.3 Å². The fourth-order valence-corrected chi connectivity index (χ4v) is 3.33. The summed E-state index contributed by atoms with van der Waals surface area (Å²) >= 11 is 0. The first-order valence-electron chi connectivity index (χ1n) is 9.19. The summed E-state index contributed by atoms with van der Waals surface area (Å²) in [5.74, 6) is -1.02. The van der Waals surface area contributed by atoms with Gasteiger partial charge < -0.3 is 15.2 Å². The number of carbonyl (C=O) groups is 2. The zero-order valence-corrected chi connectivity index (χ0v) is 15.3. The number of ether oxygens (including phenoxy) is 1. The van der Waals surface area contributed by atoms with E-state index in [9.17, 15) is 9.59 Å². The number of amides is 1. The predicted octanol–water partition coefficient (Wildman–Crippen LogP) is 4.19. The monoisotopic (exact) mass is 347 g/mol. The lowest BCUT2D eigenvalue weighted by Gasteiger charge is -2.29. The number of carboxylic acid groups (broad SMARTS) is 1. The van der Waals surface area contributed by atoms with E-state index in [4.69, 9.17) is 9.84 Å². The lowest BCUT2D eigenvalue weighted by Crippen LogP contribution is -2.35. The van der Waals surface area contributed by atoms with Crippen molar-refractivity contribution in [2.24, 2.45) is 5.92 Å². The van der Waals surface area contributed by atoms with Gasteiger partial charge in [0.15, 0.2) is 0 Å². The van der Waals surface area contributed by atoms with E-state index in [1.165, 1.54) is 6.42 Å². The molecule has 5 nitrogen and oxygen atoms in total. The molecule has 1 saturated carbocycles. The van der Waals surface area contributed by atoms with Gasteiger partial charge in [-0.25, -0.2) is 0 Å². The molecule has 2 rings (SSSR count). The van der Waals surface area contributed by atoms with Crippen LogP contribution < -0.4 is 5.32 Å². The lowest BCUT2D eigenvalue weighted by molar-refractivity contribution is -0.138. The summed E-state index contributed by atoms with van der Waals surface area (Å²) in [6, 6.07) is 7.00. The Bertz CT molecular complexity index is 601. The maximum absolute atomic E-state index is 12.6. The number of rotatable bonds is 7. The Morgan fingerprint density at radius 2 is 2.12 bits per heavy atom. The van der Waals surface area contributed by atoms with Gasteiger partial charge in [-0.05, 0) is 49.8 Å². The predicted molar refractivity (Wildman–Crippen MR) is 97.7 cm³/mol. The molecule has 5 heteroatoms. The smallest absolute Gasteiger partial charge is 0.310 e. The minimum Gasteiger partial charge on any atom is -0.481 e. The molecule has 1 aromatic carbocycles.